The van der Waals surface area contributed by atoms with Gasteiger partial charge in [0, 0.05) is 17.2 Å². The Morgan fingerprint density at radius 1 is 0.794 bits per heavy atom. The number of rotatable bonds is 8. The van der Waals surface area contributed by atoms with E-state index in [0.29, 0.717) is 28.2 Å². The Morgan fingerprint density at radius 2 is 1.44 bits per heavy atom. The Hall–Kier alpha value is -4.51. The maximum Gasteiger partial charge on any atom is 0.338 e. The molecular weight excluding hydrogens is 431 g/mol. The monoisotopic (exact) mass is 454 g/mol. The van der Waals surface area contributed by atoms with Gasteiger partial charge < -0.3 is 9.47 Å². The van der Waals surface area contributed by atoms with Crippen LogP contribution in [0.25, 0.3) is 24.3 Å². The zero-order valence-electron chi connectivity index (χ0n) is 18.7. The highest BCUT2D eigenvalue weighted by Crippen LogP contribution is 2.20. The first-order valence-corrected chi connectivity index (χ1v) is 10.4. The SMILES string of the molecule is C=CC(=O)Oc1cccc(/C=C/c2ccc(/C=C/c3ccc(OC(=O)C(=C)C)cc3)cc2F)c1. The van der Waals surface area contributed by atoms with Crippen LogP contribution in [0.15, 0.2) is 91.5 Å². The highest BCUT2D eigenvalue weighted by Gasteiger charge is 2.05. The van der Waals surface area contributed by atoms with Crippen molar-refractivity contribution in [1.82, 2.24) is 0 Å². The standard InChI is InChI=1S/C29H23FO4/c1-4-28(31)33-26-7-5-6-22(18-26)10-14-24-15-11-23(19-27(24)30)9-8-21-12-16-25(17-13-21)34-29(32)20(2)3/h4-19H,1-2H2,3H3/b9-8+,14-10+. The lowest BCUT2D eigenvalue weighted by Crippen LogP contribution is -2.07. The first kappa shape index (κ1) is 24.1. The van der Waals surface area contributed by atoms with Crippen molar-refractivity contribution >= 4 is 36.2 Å². The Bertz CT molecular complexity index is 1280. The second-order valence-corrected chi connectivity index (χ2v) is 7.38. The van der Waals surface area contributed by atoms with Crippen LogP contribution >= 0.6 is 0 Å². The summed E-state index contributed by atoms with van der Waals surface area (Å²) in [5, 5.41) is 0. The smallest absolute Gasteiger partial charge is 0.338 e. The van der Waals surface area contributed by atoms with Crippen molar-refractivity contribution in [3.05, 3.63) is 120 Å². The molecule has 0 aliphatic carbocycles. The zero-order chi connectivity index (χ0) is 24.5. The number of carbonyl (C=O) groups excluding carboxylic acids is 2. The molecule has 0 aromatic heterocycles. The van der Waals surface area contributed by atoms with Gasteiger partial charge in [0.15, 0.2) is 0 Å². The van der Waals surface area contributed by atoms with Gasteiger partial charge in [-0.2, -0.15) is 0 Å². The van der Waals surface area contributed by atoms with E-state index in [9.17, 15) is 14.0 Å². The fourth-order valence-corrected chi connectivity index (χ4v) is 2.84. The van der Waals surface area contributed by atoms with Gasteiger partial charge in [0.2, 0.25) is 0 Å². The van der Waals surface area contributed by atoms with E-state index in [-0.39, 0.29) is 5.82 Å². The van der Waals surface area contributed by atoms with E-state index in [2.05, 4.69) is 13.2 Å². The molecule has 3 rings (SSSR count). The summed E-state index contributed by atoms with van der Waals surface area (Å²) < 4.78 is 24.8. The van der Waals surface area contributed by atoms with Gasteiger partial charge in [-0.1, -0.05) is 73.9 Å². The number of carbonyl (C=O) groups is 2. The van der Waals surface area contributed by atoms with Gasteiger partial charge in [-0.25, -0.2) is 14.0 Å². The van der Waals surface area contributed by atoms with Crippen molar-refractivity contribution in [2.24, 2.45) is 0 Å². The summed E-state index contributed by atoms with van der Waals surface area (Å²) in [6.45, 7) is 8.50. The molecule has 5 heteroatoms. The van der Waals surface area contributed by atoms with Crippen molar-refractivity contribution < 1.29 is 23.5 Å². The molecule has 0 spiro atoms. The van der Waals surface area contributed by atoms with Crippen LogP contribution in [0.2, 0.25) is 0 Å². The zero-order valence-corrected chi connectivity index (χ0v) is 18.7. The summed E-state index contributed by atoms with van der Waals surface area (Å²) in [4.78, 5) is 22.9. The molecule has 0 saturated heterocycles. The summed E-state index contributed by atoms with van der Waals surface area (Å²) in [6.07, 6.45) is 8.11. The maximum atomic E-state index is 14.6. The Labute approximate surface area is 198 Å². The third-order valence-corrected chi connectivity index (χ3v) is 4.63. The molecule has 0 aliphatic heterocycles. The fraction of sp³-hybridized carbons (Fsp3) is 0.0345. The number of esters is 2. The predicted molar refractivity (Wildman–Crippen MR) is 133 cm³/mol. The van der Waals surface area contributed by atoms with Crippen molar-refractivity contribution in [2.45, 2.75) is 6.92 Å². The van der Waals surface area contributed by atoms with Crippen LogP contribution in [0.5, 0.6) is 11.5 Å². The first-order chi connectivity index (χ1) is 16.3. The van der Waals surface area contributed by atoms with Gasteiger partial charge >= 0.3 is 11.9 Å². The number of benzene rings is 3. The second-order valence-electron chi connectivity index (χ2n) is 7.38. The van der Waals surface area contributed by atoms with Crippen LogP contribution < -0.4 is 9.47 Å². The van der Waals surface area contributed by atoms with Gasteiger partial charge in [0.25, 0.3) is 0 Å². The topological polar surface area (TPSA) is 52.6 Å². The molecular formula is C29H23FO4. The van der Waals surface area contributed by atoms with Crippen LogP contribution in [0, 0.1) is 5.82 Å². The molecule has 34 heavy (non-hydrogen) atoms. The molecule has 0 N–H and O–H groups in total. The van der Waals surface area contributed by atoms with Crippen molar-refractivity contribution in [3.63, 3.8) is 0 Å². The van der Waals surface area contributed by atoms with E-state index in [1.54, 1.807) is 73.7 Å². The van der Waals surface area contributed by atoms with Gasteiger partial charge in [-0.3, -0.25) is 0 Å². The average molecular weight is 454 g/mol. The van der Waals surface area contributed by atoms with Crippen LogP contribution in [0.3, 0.4) is 0 Å². The third kappa shape index (κ3) is 7.00. The largest absolute Gasteiger partial charge is 0.423 e. The third-order valence-electron chi connectivity index (χ3n) is 4.63. The molecule has 170 valence electrons. The molecule has 0 aliphatic rings. The number of halogens is 1. The lowest BCUT2D eigenvalue weighted by molar-refractivity contribution is -0.130. The second kappa shape index (κ2) is 11.4. The summed E-state index contributed by atoms with van der Waals surface area (Å²) in [7, 11) is 0. The lowest BCUT2D eigenvalue weighted by Gasteiger charge is -2.04. The summed E-state index contributed by atoms with van der Waals surface area (Å²) >= 11 is 0. The summed E-state index contributed by atoms with van der Waals surface area (Å²) in [5.41, 5.74) is 3.08. The first-order valence-electron chi connectivity index (χ1n) is 10.4. The molecule has 0 fully saturated rings. The van der Waals surface area contributed by atoms with E-state index in [1.165, 1.54) is 6.07 Å². The van der Waals surface area contributed by atoms with E-state index in [1.807, 2.05) is 18.2 Å². The summed E-state index contributed by atoms with van der Waals surface area (Å²) in [6, 6.07) is 18.8. The van der Waals surface area contributed by atoms with E-state index < -0.39 is 11.9 Å². The Morgan fingerprint density at radius 3 is 2.12 bits per heavy atom. The molecule has 0 heterocycles. The number of ether oxygens (including phenoxy) is 2. The van der Waals surface area contributed by atoms with Crippen LogP contribution in [-0.4, -0.2) is 11.9 Å². The van der Waals surface area contributed by atoms with Gasteiger partial charge in [-0.15, -0.1) is 0 Å². The van der Waals surface area contributed by atoms with E-state index in [0.717, 1.165) is 17.2 Å². The molecule has 0 unspecified atom stereocenters. The molecule has 0 radical (unpaired) electrons. The minimum atomic E-state index is -0.544. The Kier molecular flexibility index (Phi) is 8.08. The summed E-state index contributed by atoms with van der Waals surface area (Å²) in [5.74, 6) is -0.573. The van der Waals surface area contributed by atoms with Crippen LogP contribution in [0.4, 0.5) is 4.39 Å². The van der Waals surface area contributed by atoms with Gasteiger partial charge in [0.1, 0.15) is 17.3 Å². The normalized spacial score (nSPS) is 10.9. The van der Waals surface area contributed by atoms with Crippen molar-refractivity contribution in [2.75, 3.05) is 0 Å². The quantitative estimate of drug-likeness (QED) is 0.164. The fourth-order valence-electron chi connectivity index (χ4n) is 2.84. The van der Waals surface area contributed by atoms with Crippen molar-refractivity contribution in [1.29, 1.82) is 0 Å². The van der Waals surface area contributed by atoms with Crippen molar-refractivity contribution in [3.8, 4) is 11.5 Å². The molecule has 3 aromatic rings. The van der Waals surface area contributed by atoms with Crippen LogP contribution in [0.1, 0.15) is 29.2 Å². The predicted octanol–water partition coefficient (Wildman–Crippen LogP) is 6.74. The highest BCUT2D eigenvalue weighted by atomic mass is 19.1. The molecule has 0 bridgehead atoms. The molecule has 0 amide bonds. The minimum Gasteiger partial charge on any atom is -0.423 e. The van der Waals surface area contributed by atoms with E-state index >= 15 is 0 Å². The Balaban J connectivity index is 1.66. The minimum absolute atomic E-state index is 0.326. The van der Waals surface area contributed by atoms with E-state index in [4.69, 9.17) is 9.47 Å². The van der Waals surface area contributed by atoms with Gasteiger partial charge in [0.05, 0.1) is 0 Å². The van der Waals surface area contributed by atoms with Gasteiger partial charge in [-0.05, 0) is 53.9 Å². The average Bonchev–Trinajstić information content (AvgIpc) is 2.83. The number of hydrogen-bond acceptors (Lipinski definition) is 4. The molecule has 0 saturated carbocycles. The highest BCUT2D eigenvalue weighted by molar-refractivity contribution is 5.88. The number of hydrogen-bond donors (Lipinski definition) is 0. The molecule has 3 aromatic carbocycles. The lowest BCUT2D eigenvalue weighted by atomic mass is 10.1. The molecule has 0 atom stereocenters. The molecule has 4 nitrogen and oxygen atoms in total. The van der Waals surface area contributed by atoms with Crippen LogP contribution in [-0.2, 0) is 9.59 Å². The maximum absolute atomic E-state index is 14.6.